The molecular formula is C9H18N2O4S. The molecule has 6 nitrogen and oxygen atoms in total. The summed E-state index contributed by atoms with van der Waals surface area (Å²) in [5, 5.41) is 2.64. The van der Waals surface area contributed by atoms with Crippen molar-refractivity contribution in [3.63, 3.8) is 0 Å². The Kier molecular flexibility index (Phi) is 4.69. The van der Waals surface area contributed by atoms with Crippen LogP contribution in [0.4, 0.5) is 0 Å². The van der Waals surface area contributed by atoms with Gasteiger partial charge in [-0.05, 0) is 12.8 Å². The number of methoxy groups -OCH3 is 1. The lowest BCUT2D eigenvalue weighted by molar-refractivity contribution is -0.124. The zero-order valence-corrected chi connectivity index (χ0v) is 10.1. The van der Waals surface area contributed by atoms with Crippen LogP contribution in [-0.4, -0.2) is 51.6 Å². The molecule has 0 aliphatic carbocycles. The first-order valence-corrected chi connectivity index (χ1v) is 7.02. The summed E-state index contributed by atoms with van der Waals surface area (Å²) in [6.07, 6.45) is 1.28. The molecule has 1 aliphatic rings. The van der Waals surface area contributed by atoms with E-state index in [1.807, 2.05) is 0 Å². The van der Waals surface area contributed by atoms with E-state index in [4.69, 9.17) is 10.5 Å². The number of carbonyl (C=O) groups is 1. The lowest BCUT2D eigenvalue weighted by atomic mass is 10.1. The van der Waals surface area contributed by atoms with E-state index in [0.717, 1.165) is 0 Å². The molecule has 3 N–H and O–H groups in total. The summed E-state index contributed by atoms with van der Waals surface area (Å²) in [5.74, 6) is -0.133. The molecule has 0 bridgehead atoms. The number of ether oxygens (including phenoxy) is 1. The van der Waals surface area contributed by atoms with Crippen LogP contribution in [0.5, 0.6) is 0 Å². The van der Waals surface area contributed by atoms with Gasteiger partial charge in [0, 0.05) is 13.2 Å². The molecule has 0 aromatic rings. The lowest BCUT2D eigenvalue weighted by Gasteiger charge is -2.24. The van der Waals surface area contributed by atoms with Crippen molar-refractivity contribution in [2.75, 3.05) is 25.2 Å². The fourth-order valence-corrected chi connectivity index (χ4v) is 3.34. The summed E-state index contributed by atoms with van der Waals surface area (Å²) >= 11 is 0. The Morgan fingerprint density at radius 2 is 2.31 bits per heavy atom. The number of nitrogens with one attached hydrogen (secondary N) is 1. The molecule has 2 atom stereocenters. The van der Waals surface area contributed by atoms with Gasteiger partial charge in [0.2, 0.25) is 5.91 Å². The lowest BCUT2D eigenvalue weighted by Crippen LogP contribution is -2.50. The van der Waals surface area contributed by atoms with E-state index in [9.17, 15) is 13.2 Å². The van der Waals surface area contributed by atoms with Gasteiger partial charge < -0.3 is 15.8 Å². The highest BCUT2D eigenvalue weighted by Gasteiger charge is 2.27. The second-order valence-electron chi connectivity index (χ2n) is 4.02. The van der Waals surface area contributed by atoms with Crippen molar-refractivity contribution in [3.8, 4) is 0 Å². The van der Waals surface area contributed by atoms with Gasteiger partial charge in [0.25, 0.3) is 0 Å². The van der Waals surface area contributed by atoms with Crippen LogP contribution in [-0.2, 0) is 19.4 Å². The van der Waals surface area contributed by atoms with Gasteiger partial charge in [-0.2, -0.15) is 0 Å². The third kappa shape index (κ3) is 4.07. The molecule has 94 valence electrons. The average Bonchev–Trinajstić information content (AvgIpc) is 2.16. The third-order valence-corrected chi connectivity index (χ3v) is 4.31. The monoisotopic (exact) mass is 250 g/mol. The smallest absolute Gasteiger partial charge is 0.239 e. The van der Waals surface area contributed by atoms with Crippen LogP contribution in [0, 0.1) is 0 Å². The second kappa shape index (κ2) is 5.60. The van der Waals surface area contributed by atoms with Gasteiger partial charge in [-0.15, -0.1) is 0 Å². The topological polar surface area (TPSA) is 98.5 Å². The van der Waals surface area contributed by atoms with Gasteiger partial charge in [-0.3, -0.25) is 4.79 Å². The Hall–Kier alpha value is -0.660. The Bertz CT molecular complexity index is 341. The van der Waals surface area contributed by atoms with Gasteiger partial charge in [0.05, 0.1) is 18.1 Å². The number of nitrogens with two attached hydrogens (primary N) is 1. The van der Waals surface area contributed by atoms with Crippen molar-refractivity contribution < 1.29 is 17.9 Å². The van der Waals surface area contributed by atoms with Crippen LogP contribution >= 0.6 is 0 Å². The Balaban J connectivity index is 2.45. The second-order valence-corrected chi connectivity index (χ2v) is 6.25. The minimum absolute atomic E-state index is 0.0123. The van der Waals surface area contributed by atoms with Crippen LogP contribution < -0.4 is 11.1 Å². The Morgan fingerprint density at radius 1 is 1.62 bits per heavy atom. The summed E-state index contributed by atoms with van der Waals surface area (Å²) in [7, 11) is -1.55. The molecule has 0 aromatic heterocycles. The predicted octanol–water partition coefficient (Wildman–Crippen LogP) is -1.35. The maximum absolute atomic E-state index is 11.5. The number of hydrogen-bond acceptors (Lipinski definition) is 5. The van der Waals surface area contributed by atoms with E-state index in [-0.39, 0.29) is 30.1 Å². The normalized spacial score (nSPS) is 26.0. The first kappa shape index (κ1) is 13.4. The molecular weight excluding hydrogens is 232 g/mol. The zero-order valence-electron chi connectivity index (χ0n) is 9.31. The number of carbonyl (C=O) groups excluding carboxylic acids is 1. The van der Waals surface area contributed by atoms with E-state index in [1.54, 1.807) is 0 Å². The molecule has 1 heterocycles. The van der Waals surface area contributed by atoms with Gasteiger partial charge >= 0.3 is 0 Å². The van der Waals surface area contributed by atoms with Crippen LogP contribution in [0.3, 0.4) is 0 Å². The minimum atomic E-state index is -3.00. The quantitative estimate of drug-likeness (QED) is 0.643. The van der Waals surface area contributed by atoms with E-state index in [0.29, 0.717) is 12.8 Å². The van der Waals surface area contributed by atoms with E-state index in [2.05, 4.69) is 5.32 Å². The maximum atomic E-state index is 11.5. The van der Waals surface area contributed by atoms with Crippen LogP contribution in [0.1, 0.15) is 12.8 Å². The summed E-state index contributed by atoms with van der Waals surface area (Å²) in [6, 6.07) is -1.05. The first-order chi connectivity index (χ1) is 7.44. The molecule has 1 rings (SSSR count). The van der Waals surface area contributed by atoms with E-state index < -0.39 is 15.9 Å². The minimum Gasteiger partial charge on any atom is -0.383 e. The van der Waals surface area contributed by atoms with E-state index in [1.165, 1.54) is 7.11 Å². The highest BCUT2D eigenvalue weighted by atomic mass is 32.2. The largest absolute Gasteiger partial charge is 0.383 e. The molecule has 1 amide bonds. The number of sulfone groups is 1. The molecule has 0 saturated carbocycles. The summed E-state index contributed by atoms with van der Waals surface area (Å²) in [4.78, 5) is 11.5. The molecule has 1 aliphatic heterocycles. The zero-order chi connectivity index (χ0) is 12.2. The summed E-state index contributed by atoms with van der Waals surface area (Å²) < 4.78 is 27.4. The molecule has 1 fully saturated rings. The van der Waals surface area contributed by atoms with Crippen molar-refractivity contribution in [3.05, 3.63) is 0 Å². The van der Waals surface area contributed by atoms with Crippen molar-refractivity contribution in [2.45, 2.75) is 24.9 Å². The van der Waals surface area contributed by atoms with Crippen LogP contribution in [0.25, 0.3) is 0 Å². The highest BCUT2D eigenvalue weighted by Crippen LogP contribution is 2.11. The molecule has 16 heavy (non-hydrogen) atoms. The van der Waals surface area contributed by atoms with Crippen molar-refractivity contribution >= 4 is 15.7 Å². The number of amides is 1. The van der Waals surface area contributed by atoms with Crippen LogP contribution in [0.2, 0.25) is 0 Å². The highest BCUT2D eigenvalue weighted by molar-refractivity contribution is 7.91. The molecule has 1 saturated heterocycles. The summed E-state index contributed by atoms with van der Waals surface area (Å²) in [5.41, 5.74) is 5.53. The molecule has 7 heteroatoms. The molecule has 0 aromatic carbocycles. The van der Waals surface area contributed by atoms with Crippen LogP contribution in [0.15, 0.2) is 0 Å². The van der Waals surface area contributed by atoms with Crippen molar-refractivity contribution in [1.82, 2.24) is 5.32 Å². The first-order valence-electron chi connectivity index (χ1n) is 5.20. The van der Waals surface area contributed by atoms with Gasteiger partial charge in [-0.25, -0.2) is 8.42 Å². The SMILES string of the molecule is COCC(N)C(=O)NC1CCCS(=O)(=O)C1. The average molecular weight is 250 g/mol. The maximum Gasteiger partial charge on any atom is 0.239 e. The molecule has 0 radical (unpaired) electrons. The van der Waals surface area contributed by atoms with E-state index >= 15 is 0 Å². The Labute approximate surface area is 95.4 Å². The summed E-state index contributed by atoms with van der Waals surface area (Å²) in [6.45, 7) is 0.130. The fraction of sp³-hybridized carbons (Fsp3) is 0.889. The van der Waals surface area contributed by atoms with Crippen molar-refractivity contribution in [2.24, 2.45) is 5.73 Å². The van der Waals surface area contributed by atoms with Crippen molar-refractivity contribution in [1.29, 1.82) is 0 Å². The third-order valence-electron chi connectivity index (χ3n) is 2.49. The Morgan fingerprint density at radius 3 is 2.88 bits per heavy atom. The van der Waals surface area contributed by atoms with Gasteiger partial charge in [0.1, 0.15) is 6.04 Å². The predicted molar refractivity (Wildman–Crippen MR) is 59.7 cm³/mol. The standard InChI is InChI=1S/C9H18N2O4S/c1-15-5-8(10)9(12)11-7-3-2-4-16(13,14)6-7/h7-8H,2-6,10H2,1H3,(H,11,12). The fourth-order valence-electron chi connectivity index (χ4n) is 1.70. The van der Waals surface area contributed by atoms with Gasteiger partial charge in [0.15, 0.2) is 9.84 Å². The molecule has 2 unspecified atom stereocenters. The molecule has 0 spiro atoms. The van der Waals surface area contributed by atoms with Gasteiger partial charge in [-0.1, -0.05) is 0 Å². The number of rotatable bonds is 4. The number of hydrogen-bond donors (Lipinski definition) is 2.